The summed E-state index contributed by atoms with van der Waals surface area (Å²) in [5.41, 5.74) is -0.0606. The molecule has 0 radical (unpaired) electrons. The molecule has 102 valence electrons. The molecule has 1 aliphatic carbocycles. The Hall–Kier alpha value is -0.160. The Morgan fingerprint density at radius 1 is 1.35 bits per heavy atom. The molecule has 1 rings (SSSR count). The van der Waals surface area contributed by atoms with Gasteiger partial charge in [-0.2, -0.15) is 0 Å². The van der Waals surface area contributed by atoms with Crippen molar-refractivity contribution < 1.29 is 10.2 Å². The van der Waals surface area contributed by atoms with Crippen LogP contribution >= 0.6 is 0 Å². The van der Waals surface area contributed by atoms with Crippen molar-refractivity contribution in [3.8, 4) is 0 Å². The maximum atomic E-state index is 9.92. The van der Waals surface area contributed by atoms with Gasteiger partial charge in [0, 0.05) is 24.5 Å². The lowest BCUT2D eigenvalue weighted by molar-refractivity contribution is -0.0752. The summed E-state index contributed by atoms with van der Waals surface area (Å²) in [5, 5.41) is 22.9. The first-order chi connectivity index (χ1) is 7.91. The number of likely N-dealkylation sites (N-methyl/N-ethyl adjacent to an activating group) is 1. The van der Waals surface area contributed by atoms with Gasteiger partial charge >= 0.3 is 0 Å². The number of hydrogen-bond donors (Lipinski definition) is 3. The molecule has 4 heteroatoms. The largest absolute Gasteiger partial charge is 0.392 e. The van der Waals surface area contributed by atoms with Crippen molar-refractivity contribution in [3.63, 3.8) is 0 Å². The average molecular weight is 244 g/mol. The summed E-state index contributed by atoms with van der Waals surface area (Å²) >= 11 is 0. The quantitative estimate of drug-likeness (QED) is 0.608. The summed E-state index contributed by atoms with van der Waals surface area (Å²) in [6.45, 7) is 11.6. The molecule has 0 amide bonds. The van der Waals surface area contributed by atoms with Crippen LogP contribution in [-0.4, -0.2) is 59.5 Å². The summed E-state index contributed by atoms with van der Waals surface area (Å²) in [5.74, 6) is 0. The molecule has 0 bridgehead atoms. The highest BCUT2D eigenvalue weighted by atomic mass is 16.3. The number of nitrogens with one attached hydrogen (secondary N) is 1. The zero-order chi connectivity index (χ0) is 13.1. The lowest BCUT2D eigenvalue weighted by Crippen LogP contribution is -2.61. The Labute approximate surface area is 105 Å². The number of aliphatic hydroxyl groups excluding tert-OH is 2. The number of hydrogen-bond acceptors (Lipinski definition) is 4. The molecule has 0 spiro atoms. The van der Waals surface area contributed by atoms with E-state index in [1.165, 1.54) is 0 Å². The SMILES string of the molecule is CCN(CC)CC(O)CNC1CC(O)C1(C)C. The van der Waals surface area contributed by atoms with E-state index in [2.05, 4.69) is 37.9 Å². The van der Waals surface area contributed by atoms with Crippen molar-refractivity contribution in [1.29, 1.82) is 0 Å². The summed E-state index contributed by atoms with van der Waals surface area (Å²) in [6, 6.07) is 0.323. The highest BCUT2D eigenvalue weighted by Gasteiger charge is 2.46. The van der Waals surface area contributed by atoms with Gasteiger partial charge < -0.3 is 20.4 Å². The lowest BCUT2D eigenvalue weighted by Gasteiger charge is -2.50. The molecule has 17 heavy (non-hydrogen) atoms. The highest BCUT2D eigenvalue weighted by molar-refractivity contribution is 5.01. The predicted octanol–water partition coefficient (Wildman–Crippen LogP) is 0.438. The smallest absolute Gasteiger partial charge is 0.0791 e. The molecule has 3 atom stereocenters. The van der Waals surface area contributed by atoms with Crippen molar-refractivity contribution in [2.45, 2.75) is 52.4 Å². The van der Waals surface area contributed by atoms with E-state index in [-0.39, 0.29) is 17.6 Å². The Bertz CT molecular complexity index is 229. The minimum atomic E-state index is -0.330. The maximum Gasteiger partial charge on any atom is 0.0791 e. The first-order valence-electron chi connectivity index (χ1n) is 6.73. The summed E-state index contributed by atoms with van der Waals surface area (Å²) in [4.78, 5) is 2.22. The van der Waals surface area contributed by atoms with Crippen molar-refractivity contribution in [1.82, 2.24) is 10.2 Å². The monoisotopic (exact) mass is 244 g/mol. The predicted molar refractivity (Wildman–Crippen MR) is 70.0 cm³/mol. The van der Waals surface area contributed by atoms with E-state index in [1.807, 2.05) is 0 Å². The van der Waals surface area contributed by atoms with E-state index in [1.54, 1.807) is 0 Å². The van der Waals surface area contributed by atoms with Crippen LogP contribution in [0.1, 0.15) is 34.1 Å². The molecule has 0 aromatic rings. The van der Waals surface area contributed by atoms with Crippen LogP contribution in [0.2, 0.25) is 0 Å². The molecule has 4 nitrogen and oxygen atoms in total. The molecule has 1 aliphatic rings. The van der Waals surface area contributed by atoms with Crippen molar-refractivity contribution in [3.05, 3.63) is 0 Å². The van der Waals surface area contributed by atoms with Crippen molar-refractivity contribution in [2.75, 3.05) is 26.2 Å². The van der Waals surface area contributed by atoms with Crippen LogP contribution in [0, 0.1) is 5.41 Å². The molecule has 1 fully saturated rings. The van der Waals surface area contributed by atoms with Crippen LogP contribution in [-0.2, 0) is 0 Å². The fraction of sp³-hybridized carbons (Fsp3) is 1.00. The zero-order valence-electron chi connectivity index (χ0n) is 11.6. The van der Waals surface area contributed by atoms with Crippen molar-refractivity contribution >= 4 is 0 Å². The second-order valence-electron chi connectivity index (χ2n) is 5.67. The number of aliphatic hydroxyl groups is 2. The third-order valence-electron chi connectivity index (χ3n) is 4.18. The van der Waals surface area contributed by atoms with Gasteiger partial charge in [-0.1, -0.05) is 27.7 Å². The van der Waals surface area contributed by atoms with Gasteiger partial charge in [-0.3, -0.25) is 0 Å². The average Bonchev–Trinajstić information content (AvgIpc) is 2.31. The zero-order valence-corrected chi connectivity index (χ0v) is 11.6. The maximum absolute atomic E-state index is 9.92. The van der Waals surface area contributed by atoms with Gasteiger partial charge in [-0.05, 0) is 19.5 Å². The Kier molecular flexibility index (Phi) is 5.38. The third-order valence-corrected chi connectivity index (χ3v) is 4.18. The molecule has 0 aromatic carbocycles. The van der Waals surface area contributed by atoms with Gasteiger partial charge in [0.25, 0.3) is 0 Å². The molecule has 3 unspecified atom stereocenters. The van der Waals surface area contributed by atoms with Crippen LogP contribution in [0.3, 0.4) is 0 Å². The number of rotatable bonds is 7. The summed E-state index contributed by atoms with van der Waals surface area (Å²) < 4.78 is 0. The van der Waals surface area contributed by atoms with Crippen LogP contribution in [0.5, 0.6) is 0 Å². The van der Waals surface area contributed by atoms with Crippen molar-refractivity contribution in [2.24, 2.45) is 5.41 Å². The first-order valence-corrected chi connectivity index (χ1v) is 6.73. The Balaban J connectivity index is 2.23. The van der Waals surface area contributed by atoms with E-state index in [0.29, 0.717) is 12.6 Å². The van der Waals surface area contributed by atoms with Crippen LogP contribution in [0.25, 0.3) is 0 Å². The second-order valence-corrected chi connectivity index (χ2v) is 5.67. The molecule has 1 saturated carbocycles. The van der Waals surface area contributed by atoms with Gasteiger partial charge in [0.2, 0.25) is 0 Å². The minimum Gasteiger partial charge on any atom is -0.392 e. The Morgan fingerprint density at radius 2 is 1.94 bits per heavy atom. The standard InChI is InChI=1S/C13H28N2O2/c1-5-15(6-2)9-10(16)8-14-11-7-12(17)13(11,3)4/h10-12,14,16-17H,5-9H2,1-4H3. The normalized spacial score (nSPS) is 29.1. The van der Waals surface area contributed by atoms with Crippen LogP contribution < -0.4 is 5.32 Å². The number of nitrogens with zero attached hydrogens (tertiary/aromatic N) is 1. The molecule has 0 saturated heterocycles. The molecule has 0 heterocycles. The molecular weight excluding hydrogens is 216 g/mol. The molecular formula is C13H28N2O2. The van der Waals surface area contributed by atoms with E-state index in [9.17, 15) is 10.2 Å². The topological polar surface area (TPSA) is 55.7 Å². The van der Waals surface area contributed by atoms with Gasteiger partial charge in [-0.25, -0.2) is 0 Å². The van der Waals surface area contributed by atoms with E-state index >= 15 is 0 Å². The summed E-state index contributed by atoms with van der Waals surface area (Å²) in [7, 11) is 0. The van der Waals surface area contributed by atoms with E-state index in [0.717, 1.165) is 26.1 Å². The Morgan fingerprint density at radius 3 is 2.35 bits per heavy atom. The lowest BCUT2D eigenvalue weighted by atomic mass is 9.64. The molecule has 0 aromatic heterocycles. The molecule has 0 aliphatic heterocycles. The van der Waals surface area contributed by atoms with Crippen LogP contribution in [0.4, 0.5) is 0 Å². The summed E-state index contributed by atoms with van der Waals surface area (Å²) in [6.07, 6.45) is 0.258. The first kappa shape index (κ1) is 14.9. The molecule has 3 N–H and O–H groups in total. The van der Waals surface area contributed by atoms with Gasteiger partial charge in [0.05, 0.1) is 12.2 Å². The second kappa shape index (κ2) is 6.14. The van der Waals surface area contributed by atoms with Gasteiger partial charge in [-0.15, -0.1) is 0 Å². The fourth-order valence-electron chi connectivity index (χ4n) is 2.37. The third kappa shape index (κ3) is 3.65. The van der Waals surface area contributed by atoms with E-state index in [4.69, 9.17) is 0 Å². The van der Waals surface area contributed by atoms with Gasteiger partial charge in [0.15, 0.2) is 0 Å². The van der Waals surface area contributed by atoms with Crippen LogP contribution in [0.15, 0.2) is 0 Å². The minimum absolute atomic E-state index is 0.0606. The van der Waals surface area contributed by atoms with Gasteiger partial charge in [0.1, 0.15) is 0 Å². The fourth-order valence-corrected chi connectivity index (χ4v) is 2.37. The van der Waals surface area contributed by atoms with E-state index < -0.39 is 0 Å². The highest BCUT2D eigenvalue weighted by Crippen LogP contribution is 2.40.